The van der Waals surface area contributed by atoms with Gasteiger partial charge in [0.1, 0.15) is 0 Å². The smallest absolute Gasteiger partial charge is 0.316 e. The van der Waals surface area contributed by atoms with Crippen molar-refractivity contribution in [3.8, 4) is 6.01 Å². The van der Waals surface area contributed by atoms with Crippen LogP contribution in [0.25, 0.3) is 0 Å². The second-order valence-electron chi connectivity index (χ2n) is 1.75. The zero-order chi connectivity index (χ0) is 7.23. The fraction of sp³-hybridized carbons (Fsp3) is 0.286. The summed E-state index contributed by atoms with van der Waals surface area (Å²) >= 11 is 0. The first-order valence-corrected chi connectivity index (χ1v) is 3.11. The van der Waals surface area contributed by atoms with Gasteiger partial charge in [-0.3, -0.25) is 0 Å². The first-order valence-electron chi connectivity index (χ1n) is 3.11. The minimum atomic E-state index is 0.431. The van der Waals surface area contributed by atoms with Gasteiger partial charge >= 0.3 is 6.01 Å². The van der Waals surface area contributed by atoms with Crippen molar-refractivity contribution in [3.05, 3.63) is 24.9 Å². The monoisotopic (exact) mass is 137 g/mol. The van der Waals surface area contributed by atoms with Crippen LogP contribution < -0.4 is 4.74 Å². The molecule has 1 radical (unpaired) electrons. The van der Waals surface area contributed by atoms with Gasteiger partial charge in [0.15, 0.2) is 0 Å². The lowest BCUT2D eigenvalue weighted by Gasteiger charge is -1.98. The summed E-state index contributed by atoms with van der Waals surface area (Å²) in [5.41, 5.74) is 0. The average Bonchev–Trinajstić information content (AvgIpc) is 2.03. The Morgan fingerprint density at radius 3 is 2.80 bits per heavy atom. The summed E-state index contributed by atoms with van der Waals surface area (Å²) in [4.78, 5) is 7.73. The second kappa shape index (κ2) is 3.82. The van der Waals surface area contributed by atoms with E-state index in [1.807, 2.05) is 13.3 Å². The molecule has 10 heavy (non-hydrogen) atoms. The van der Waals surface area contributed by atoms with E-state index in [9.17, 15) is 0 Å². The normalized spacial score (nSPS) is 9.30. The van der Waals surface area contributed by atoms with Crippen molar-refractivity contribution in [3.63, 3.8) is 0 Å². The third kappa shape index (κ3) is 2.01. The molecule has 1 rings (SSSR count). The van der Waals surface area contributed by atoms with E-state index in [-0.39, 0.29) is 0 Å². The van der Waals surface area contributed by atoms with Crippen LogP contribution in [0.5, 0.6) is 6.01 Å². The van der Waals surface area contributed by atoms with Gasteiger partial charge in [-0.05, 0) is 12.5 Å². The fourth-order valence-corrected chi connectivity index (χ4v) is 0.518. The number of ether oxygens (including phenoxy) is 1. The van der Waals surface area contributed by atoms with Gasteiger partial charge in [-0.25, -0.2) is 9.97 Å². The zero-order valence-corrected chi connectivity index (χ0v) is 5.82. The highest BCUT2D eigenvalue weighted by Crippen LogP contribution is 1.96. The summed E-state index contributed by atoms with van der Waals surface area (Å²) in [6.07, 6.45) is 5.20. The van der Waals surface area contributed by atoms with Crippen molar-refractivity contribution in [2.24, 2.45) is 0 Å². The molecule has 0 atom stereocenters. The largest absolute Gasteiger partial charge is 0.463 e. The van der Waals surface area contributed by atoms with Gasteiger partial charge in [0.2, 0.25) is 0 Å². The Labute approximate surface area is 60.1 Å². The summed E-state index contributed by atoms with van der Waals surface area (Å²) in [5, 5.41) is 0. The Kier molecular flexibility index (Phi) is 2.67. The summed E-state index contributed by atoms with van der Waals surface area (Å²) < 4.78 is 5.08. The molecule has 0 saturated carbocycles. The molecule has 1 aromatic heterocycles. The third-order valence-electron chi connectivity index (χ3n) is 0.921. The van der Waals surface area contributed by atoms with Crippen molar-refractivity contribution in [2.75, 3.05) is 6.61 Å². The van der Waals surface area contributed by atoms with Gasteiger partial charge in [-0.1, -0.05) is 6.92 Å². The van der Waals surface area contributed by atoms with Crippen LogP contribution in [-0.4, -0.2) is 16.6 Å². The molecule has 0 aliphatic rings. The quantitative estimate of drug-likeness (QED) is 0.625. The molecule has 3 heteroatoms. The molecular formula is C7H9N2O. The topological polar surface area (TPSA) is 35.0 Å². The molecule has 0 amide bonds. The first kappa shape index (κ1) is 6.99. The SMILES string of the molecule is C[CH]COc1ncccn1. The minimum absolute atomic E-state index is 0.431. The van der Waals surface area contributed by atoms with Crippen LogP contribution in [0, 0.1) is 6.42 Å². The highest BCUT2D eigenvalue weighted by atomic mass is 16.5. The van der Waals surface area contributed by atoms with Crippen molar-refractivity contribution < 1.29 is 4.74 Å². The van der Waals surface area contributed by atoms with E-state index in [0.717, 1.165) is 0 Å². The standard InChI is InChI=1S/C7H9N2O/c1-2-6-10-7-8-4-3-5-9-7/h2-5H,6H2,1H3. The molecule has 0 aromatic carbocycles. The molecule has 0 unspecified atom stereocenters. The van der Waals surface area contributed by atoms with Gasteiger partial charge in [-0.15, -0.1) is 0 Å². The van der Waals surface area contributed by atoms with Crippen molar-refractivity contribution in [1.82, 2.24) is 9.97 Å². The van der Waals surface area contributed by atoms with Crippen LogP contribution in [0.2, 0.25) is 0 Å². The third-order valence-corrected chi connectivity index (χ3v) is 0.921. The maximum Gasteiger partial charge on any atom is 0.316 e. The van der Waals surface area contributed by atoms with E-state index in [0.29, 0.717) is 12.6 Å². The Hall–Kier alpha value is -1.12. The van der Waals surface area contributed by atoms with Gasteiger partial charge in [-0.2, -0.15) is 0 Å². The molecule has 0 fully saturated rings. The van der Waals surface area contributed by atoms with Crippen LogP contribution in [0.1, 0.15) is 6.92 Å². The zero-order valence-electron chi connectivity index (χ0n) is 5.82. The molecule has 1 heterocycles. The lowest BCUT2D eigenvalue weighted by Crippen LogP contribution is -1.98. The van der Waals surface area contributed by atoms with E-state index in [1.54, 1.807) is 18.5 Å². The predicted octanol–water partition coefficient (Wildman–Crippen LogP) is 1.08. The van der Waals surface area contributed by atoms with E-state index < -0.39 is 0 Å². The molecule has 0 saturated heterocycles. The van der Waals surface area contributed by atoms with E-state index in [1.165, 1.54) is 0 Å². The van der Waals surface area contributed by atoms with Gasteiger partial charge in [0.25, 0.3) is 0 Å². The van der Waals surface area contributed by atoms with Crippen LogP contribution in [0.15, 0.2) is 18.5 Å². The molecule has 0 spiro atoms. The van der Waals surface area contributed by atoms with Crippen molar-refractivity contribution in [1.29, 1.82) is 0 Å². The molecule has 1 aromatic rings. The van der Waals surface area contributed by atoms with Gasteiger partial charge < -0.3 is 4.74 Å². The van der Waals surface area contributed by atoms with E-state index in [2.05, 4.69) is 9.97 Å². The van der Waals surface area contributed by atoms with Gasteiger partial charge in [0, 0.05) is 12.4 Å². The Morgan fingerprint density at radius 2 is 2.20 bits per heavy atom. The molecule has 53 valence electrons. The number of nitrogens with zero attached hydrogens (tertiary/aromatic N) is 2. The van der Waals surface area contributed by atoms with Crippen LogP contribution in [-0.2, 0) is 0 Å². The summed E-state index contributed by atoms with van der Waals surface area (Å²) in [7, 11) is 0. The Morgan fingerprint density at radius 1 is 1.50 bits per heavy atom. The van der Waals surface area contributed by atoms with E-state index in [4.69, 9.17) is 4.74 Å². The highest BCUT2D eigenvalue weighted by Gasteiger charge is 1.90. The van der Waals surface area contributed by atoms with Crippen molar-refractivity contribution in [2.45, 2.75) is 6.92 Å². The number of aromatic nitrogens is 2. The molecule has 0 N–H and O–H groups in total. The lowest BCUT2D eigenvalue weighted by molar-refractivity contribution is 0.321. The van der Waals surface area contributed by atoms with Crippen LogP contribution in [0.4, 0.5) is 0 Å². The lowest BCUT2D eigenvalue weighted by atomic mass is 10.5. The second-order valence-corrected chi connectivity index (χ2v) is 1.75. The Balaban J connectivity index is 2.43. The number of hydrogen-bond acceptors (Lipinski definition) is 3. The Bertz CT molecular complexity index is 176. The fourth-order valence-electron chi connectivity index (χ4n) is 0.518. The van der Waals surface area contributed by atoms with Gasteiger partial charge in [0.05, 0.1) is 6.61 Å². The number of hydrogen-bond donors (Lipinski definition) is 0. The van der Waals surface area contributed by atoms with Crippen molar-refractivity contribution >= 4 is 0 Å². The predicted molar refractivity (Wildman–Crippen MR) is 37.5 cm³/mol. The first-order chi connectivity index (χ1) is 4.93. The maximum atomic E-state index is 5.08. The van der Waals surface area contributed by atoms with Crippen LogP contribution in [0.3, 0.4) is 0 Å². The average molecular weight is 137 g/mol. The number of rotatable bonds is 3. The summed E-state index contributed by atoms with van der Waals surface area (Å²) in [5.74, 6) is 0. The molecule has 3 nitrogen and oxygen atoms in total. The maximum absolute atomic E-state index is 5.08. The molecule has 0 aliphatic carbocycles. The summed E-state index contributed by atoms with van der Waals surface area (Å²) in [6, 6.07) is 2.18. The molecular weight excluding hydrogens is 128 g/mol. The molecule has 0 aliphatic heterocycles. The highest BCUT2D eigenvalue weighted by molar-refractivity contribution is 4.93. The van der Waals surface area contributed by atoms with E-state index >= 15 is 0 Å². The van der Waals surface area contributed by atoms with Crippen LogP contribution >= 0.6 is 0 Å². The minimum Gasteiger partial charge on any atom is -0.463 e. The molecule has 0 bridgehead atoms. The summed E-state index contributed by atoms with van der Waals surface area (Å²) in [6.45, 7) is 2.48.